The number of hydrogen-bond acceptors (Lipinski definition) is 7. The Kier molecular flexibility index (Phi) is 5.73. The fourth-order valence-corrected chi connectivity index (χ4v) is 7.88. The van der Waals surface area contributed by atoms with Crippen molar-refractivity contribution in [3.8, 4) is 10.6 Å². The molecule has 2 aliphatic heterocycles. The molecule has 2 aromatic heterocycles. The minimum absolute atomic E-state index is 0.0891. The number of aromatic nitrogens is 1. The summed E-state index contributed by atoms with van der Waals surface area (Å²) < 4.78 is 1.19. The Morgan fingerprint density at radius 3 is 2.81 bits per heavy atom. The van der Waals surface area contributed by atoms with E-state index in [9.17, 15) is 4.79 Å². The van der Waals surface area contributed by atoms with Gasteiger partial charge in [-0.1, -0.05) is 12.1 Å². The van der Waals surface area contributed by atoms with Gasteiger partial charge in [-0.3, -0.25) is 4.79 Å². The van der Waals surface area contributed by atoms with E-state index in [1.54, 1.807) is 22.7 Å². The van der Waals surface area contributed by atoms with Crippen LogP contribution in [0.4, 0.5) is 5.00 Å². The summed E-state index contributed by atoms with van der Waals surface area (Å²) in [5.41, 5.74) is 3.52. The predicted molar refractivity (Wildman–Crippen MR) is 132 cm³/mol. The number of amides is 1. The number of anilines is 1. The molecule has 168 valence electrons. The lowest BCUT2D eigenvalue weighted by molar-refractivity contribution is -0.116. The molecule has 1 aromatic carbocycles. The summed E-state index contributed by atoms with van der Waals surface area (Å²) in [4.78, 5) is 19.1. The van der Waals surface area contributed by atoms with E-state index in [1.165, 1.54) is 28.0 Å². The van der Waals surface area contributed by atoms with Crippen LogP contribution in [0.5, 0.6) is 0 Å². The van der Waals surface area contributed by atoms with Crippen LogP contribution in [0.3, 0.4) is 0 Å². The monoisotopic (exact) mass is 467 g/mol. The Hall–Kier alpha value is -1.84. The second kappa shape index (κ2) is 8.83. The van der Waals surface area contributed by atoms with E-state index in [4.69, 9.17) is 4.98 Å². The molecule has 2 unspecified atom stereocenters. The molecule has 1 saturated heterocycles. The summed E-state index contributed by atoms with van der Waals surface area (Å²) in [7, 11) is 0. The molecule has 0 bridgehead atoms. The quantitative estimate of drug-likeness (QED) is 0.446. The number of para-hydroxylation sites is 1. The number of nitrogens with one attached hydrogen (secondary N) is 4. The minimum Gasteiger partial charge on any atom is -0.317 e. The van der Waals surface area contributed by atoms with Gasteiger partial charge in [0.2, 0.25) is 5.91 Å². The molecule has 1 aliphatic carbocycles. The van der Waals surface area contributed by atoms with Gasteiger partial charge in [0.05, 0.1) is 10.2 Å². The van der Waals surface area contributed by atoms with Crippen LogP contribution in [0.15, 0.2) is 24.3 Å². The number of carbonyl (C=O) groups is 1. The summed E-state index contributed by atoms with van der Waals surface area (Å²) in [6.07, 6.45) is 3.97. The molecule has 1 amide bonds. The molecular formula is C24H29N5OS2. The van der Waals surface area contributed by atoms with Crippen molar-refractivity contribution in [1.29, 1.82) is 0 Å². The molecule has 0 radical (unpaired) electrons. The first-order valence-corrected chi connectivity index (χ1v) is 13.3. The SMILES string of the molecule is O=C(CCNC1CC2CNC[C@H]2C1)Nc1sc2c(c1-c1nc3ccccc3s1)CCNC2. The van der Waals surface area contributed by atoms with Crippen molar-refractivity contribution >= 4 is 43.8 Å². The summed E-state index contributed by atoms with van der Waals surface area (Å²) >= 11 is 3.43. The lowest BCUT2D eigenvalue weighted by Crippen LogP contribution is -2.31. The standard InChI is InChI=1S/C24H29N5OS2/c30-21(6-8-27-16-9-14-11-26-12-15(14)10-16)29-24-22(17-5-7-25-13-20(17)32-24)23-28-18-3-1-2-4-19(18)31-23/h1-4,14-16,25-27H,5-13H2,(H,29,30)/t14-,15?,16?/m1/s1. The molecule has 1 saturated carbocycles. The van der Waals surface area contributed by atoms with Crippen LogP contribution in [0.1, 0.15) is 29.7 Å². The normalized spacial score (nSPS) is 24.6. The fourth-order valence-electron chi connectivity index (χ4n) is 5.54. The number of rotatable bonds is 6. The Balaban J connectivity index is 1.16. The summed E-state index contributed by atoms with van der Waals surface area (Å²) in [5.74, 6) is 1.73. The van der Waals surface area contributed by atoms with Gasteiger partial charge in [-0.25, -0.2) is 4.98 Å². The molecule has 3 aliphatic rings. The van der Waals surface area contributed by atoms with Gasteiger partial charge in [-0.15, -0.1) is 22.7 Å². The lowest BCUT2D eigenvalue weighted by atomic mass is 10.0. The molecule has 3 aromatic rings. The maximum Gasteiger partial charge on any atom is 0.226 e. The van der Waals surface area contributed by atoms with Crippen molar-refractivity contribution in [2.75, 3.05) is 31.5 Å². The number of thiophene rings is 1. The largest absolute Gasteiger partial charge is 0.317 e. The smallest absolute Gasteiger partial charge is 0.226 e. The van der Waals surface area contributed by atoms with Crippen LogP contribution in [0, 0.1) is 11.8 Å². The highest BCUT2D eigenvalue weighted by molar-refractivity contribution is 7.22. The Labute approximate surface area is 196 Å². The molecule has 3 atom stereocenters. The van der Waals surface area contributed by atoms with Gasteiger partial charge in [0.15, 0.2) is 0 Å². The Bertz CT molecular complexity index is 1090. The van der Waals surface area contributed by atoms with E-state index in [1.807, 2.05) is 6.07 Å². The molecule has 32 heavy (non-hydrogen) atoms. The molecule has 0 spiro atoms. The Morgan fingerprint density at radius 1 is 1.12 bits per heavy atom. The molecule has 6 nitrogen and oxygen atoms in total. The predicted octanol–water partition coefficient (Wildman–Crippen LogP) is 3.59. The van der Waals surface area contributed by atoms with Gasteiger partial charge >= 0.3 is 0 Å². The average Bonchev–Trinajstić information content (AvgIpc) is 3.54. The van der Waals surface area contributed by atoms with Crippen molar-refractivity contribution in [1.82, 2.24) is 20.9 Å². The Morgan fingerprint density at radius 2 is 1.97 bits per heavy atom. The maximum absolute atomic E-state index is 12.9. The minimum atomic E-state index is 0.0891. The lowest BCUT2D eigenvalue weighted by Gasteiger charge is -2.14. The van der Waals surface area contributed by atoms with Gasteiger partial charge in [-0.05, 0) is 68.4 Å². The molecule has 6 rings (SSSR count). The van der Waals surface area contributed by atoms with Crippen molar-refractivity contribution in [3.05, 3.63) is 34.7 Å². The third-order valence-corrected chi connectivity index (χ3v) is 9.33. The first kappa shape index (κ1) is 20.7. The number of fused-ring (bicyclic) bond motifs is 3. The van der Waals surface area contributed by atoms with Gasteiger partial charge in [0.1, 0.15) is 10.0 Å². The average molecular weight is 468 g/mol. The van der Waals surface area contributed by atoms with E-state index in [-0.39, 0.29) is 5.91 Å². The third kappa shape index (κ3) is 3.99. The first-order valence-electron chi connectivity index (χ1n) is 11.7. The van der Waals surface area contributed by atoms with Crippen molar-refractivity contribution in [2.45, 2.75) is 38.3 Å². The van der Waals surface area contributed by atoms with Crippen LogP contribution in [-0.4, -0.2) is 43.1 Å². The van der Waals surface area contributed by atoms with Gasteiger partial charge < -0.3 is 21.3 Å². The summed E-state index contributed by atoms with van der Waals surface area (Å²) in [5, 5.41) is 15.8. The molecule has 2 fully saturated rings. The van der Waals surface area contributed by atoms with Gasteiger partial charge in [0, 0.05) is 36.0 Å². The second-order valence-corrected chi connectivity index (χ2v) is 11.4. The van der Waals surface area contributed by atoms with Crippen molar-refractivity contribution in [3.63, 3.8) is 0 Å². The van der Waals surface area contributed by atoms with Crippen LogP contribution in [0.2, 0.25) is 0 Å². The molecule has 4 N–H and O–H groups in total. The summed E-state index contributed by atoms with van der Waals surface area (Å²) in [6, 6.07) is 8.84. The van der Waals surface area contributed by atoms with Crippen molar-refractivity contribution in [2.24, 2.45) is 11.8 Å². The van der Waals surface area contributed by atoms with Crippen molar-refractivity contribution < 1.29 is 4.79 Å². The topological polar surface area (TPSA) is 78.1 Å². The highest BCUT2D eigenvalue weighted by Gasteiger charge is 2.36. The third-order valence-electron chi connectivity index (χ3n) is 7.13. The van der Waals surface area contributed by atoms with Gasteiger partial charge in [0.25, 0.3) is 0 Å². The van der Waals surface area contributed by atoms with E-state index in [2.05, 4.69) is 39.5 Å². The highest BCUT2D eigenvalue weighted by Crippen LogP contribution is 2.44. The molecular weight excluding hydrogens is 438 g/mol. The molecule has 4 heterocycles. The van der Waals surface area contributed by atoms with Crippen LogP contribution >= 0.6 is 22.7 Å². The fraction of sp³-hybridized carbons (Fsp3) is 0.500. The van der Waals surface area contributed by atoms with E-state index >= 15 is 0 Å². The zero-order chi connectivity index (χ0) is 21.5. The molecule has 8 heteroatoms. The zero-order valence-corrected chi connectivity index (χ0v) is 19.7. The van der Waals surface area contributed by atoms with Crippen LogP contribution < -0.4 is 21.3 Å². The highest BCUT2D eigenvalue weighted by atomic mass is 32.1. The number of hydrogen-bond donors (Lipinski definition) is 4. The number of thiazole rings is 1. The van der Waals surface area contributed by atoms with Crippen LogP contribution in [0.25, 0.3) is 20.8 Å². The van der Waals surface area contributed by atoms with Crippen LogP contribution in [-0.2, 0) is 17.8 Å². The first-order chi connectivity index (χ1) is 15.7. The number of benzene rings is 1. The van der Waals surface area contributed by atoms with E-state index in [0.717, 1.165) is 72.1 Å². The second-order valence-electron chi connectivity index (χ2n) is 9.22. The number of nitrogens with zero attached hydrogens (tertiary/aromatic N) is 1. The van der Waals surface area contributed by atoms with Gasteiger partial charge in [-0.2, -0.15) is 0 Å². The van der Waals surface area contributed by atoms with E-state index in [0.29, 0.717) is 12.5 Å². The number of carbonyl (C=O) groups excluding carboxylic acids is 1. The van der Waals surface area contributed by atoms with E-state index < -0.39 is 0 Å². The zero-order valence-electron chi connectivity index (χ0n) is 18.1. The summed E-state index contributed by atoms with van der Waals surface area (Å²) in [6.45, 7) is 4.91. The maximum atomic E-state index is 12.9.